The van der Waals surface area contributed by atoms with Crippen molar-refractivity contribution in [3.8, 4) is 22.3 Å². The highest BCUT2D eigenvalue weighted by Gasteiger charge is 2.37. The third kappa shape index (κ3) is 1.93. The molecule has 0 radical (unpaired) electrons. The average molecular weight is 299 g/mol. The van der Waals surface area contributed by atoms with E-state index in [1.165, 1.54) is 33.4 Å². The number of rotatable bonds is 1. The fraction of sp³-hybridized carbons (Fsp3) is 0.182. The van der Waals surface area contributed by atoms with E-state index in [4.69, 9.17) is 5.73 Å². The Labute approximate surface area is 137 Å². The molecule has 0 aliphatic heterocycles. The molecule has 0 heterocycles. The predicted octanol–water partition coefficient (Wildman–Crippen LogP) is 5.55. The van der Waals surface area contributed by atoms with Gasteiger partial charge in [-0.2, -0.15) is 0 Å². The second kappa shape index (κ2) is 4.73. The second-order valence-corrected chi connectivity index (χ2v) is 6.99. The van der Waals surface area contributed by atoms with Gasteiger partial charge < -0.3 is 5.73 Å². The summed E-state index contributed by atoms with van der Waals surface area (Å²) in [5.74, 6) is 0. The van der Waals surface area contributed by atoms with Crippen molar-refractivity contribution in [3.05, 3.63) is 77.4 Å². The fourth-order valence-corrected chi connectivity index (χ4v) is 3.90. The minimum Gasteiger partial charge on any atom is -0.398 e. The van der Waals surface area contributed by atoms with Gasteiger partial charge in [0.1, 0.15) is 0 Å². The number of benzene rings is 3. The minimum absolute atomic E-state index is 0.0588. The summed E-state index contributed by atoms with van der Waals surface area (Å²) in [6.45, 7) is 6.65. The molecule has 0 bridgehead atoms. The number of hydrogen-bond acceptors (Lipinski definition) is 1. The summed E-state index contributed by atoms with van der Waals surface area (Å²) in [5.41, 5.74) is 16.3. The van der Waals surface area contributed by atoms with Gasteiger partial charge in [0.05, 0.1) is 0 Å². The van der Waals surface area contributed by atoms with Gasteiger partial charge in [-0.15, -0.1) is 0 Å². The van der Waals surface area contributed by atoms with Crippen molar-refractivity contribution in [2.24, 2.45) is 0 Å². The van der Waals surface area contributed by atoms with Crippen molar-refractivity contribution < 1.29 is 0 Å². The van der Waals surface area contributed by atoms with Crippen molar-refractivity contribution in [2.75, 3.05) is 5.73 Å². The molecule has 23 heavy (non-hydrogen) atoms. The molecule has 0 atom stereocenters. The molecule has 0 aromatic heterocycles. The van der Waals surface area contributed by atoms with Gasteiger partial charge in [-0.1, -0.05) is 80.1 Å². The third-order valence-corrected chi connectivity index (χ3v) is 5.12. The molecule has 0 unspecified atom stereocenters. The van der Waals surface area contributed by atoms with Crippen molar-refractivity contribution >= 4 is 5.69 Å². The molecule has 1 nitrogen and oxygen atoms in total. The number of fused-ring (bicyclic) bond motifs is 3. The van der Waals surface area contributed by atoms with E-state index in [-0.39, 0.29) is 5.41 Å². The first-order valence-electron chi connectivity index (χ1n) is 8.10. The summed E-state index contributed by atoms with van der Waals surface area (Å²) < 4.78 is 0. The van der Waals surface area contributed by atoms with Gasteiger partial charge in [-0.25, -0.2) is 0 Å². The molecule has 1 aliphatic carbocycles. The summed E-state index contributed by atoms with van der Waals surface area (Å²) in [4.78, 5) is 0. The minimum atomic E-state index is -0.0588. The number of anilines is 1. The van der Waals surface area contributed by atoms with E-state index in [0.29, 0.717) is 0 Å². The lowest BCUT2D eigenvalue weighted by molar-refractivity contribution is 0.663. The third-order valence-electron chi connectivity index (χ3n) is 5.12. The molecule has 0 saturated carbocycles. The first-order chi connectivity index (χ1) is 11.0. The standard InChI is InChI=1S/C22H21N/c1-14-8-10-15(11-9-14)16-12-13-18-17-6-4-5-7-19(17)22(2,3)20(18)21(16)23/h4-13H,23H2,1-3H3. The number of aryl methyl sites for hydroxylation is 1. The number of nitrogen functional groups attached to an aromatic ring is 1. The highest BCUT2D eigenvalue weighted by molar-refractivity contribution is 5.91. The molecular weight excluding hydrogens is 278 g/mol. The van der Waals surface area contributed by atoms with Crippen LogP contribution in [0.15, 0.2) is 60.7 Å². The van der Waals surface area contributed by atoms with E-state index >= 15 is 0 Å². The normalized spacial score (nSPS) is 14.4. The van der Waals surface area contributed by atoms with Crippen LogP contribution >= 0.6 is 0 Å². The van der Waals surface area contributed by atoms with Gasteiger partial charge in [0.2, 0.25) is 0 Å². The Kier molecular flexibility index (Phi) is 2.89. The van der Waals surface area contributed by atoms with Crippen LogP contribution in [0.5, 0.6) is 0 Å². The van der Waals surface area contributed by atoms with Crippen LogP contribution < -0.4 is 5.73 Å². The highest BCUT2D eigenvalue weighted by atomic mass is 14.6. The smallest absolute Gasteiger partial charge is 0.0441 e. The lowest BCUT2D eigenvalue weighted by Gasteiger charge is -2.24. The molecule has 0 amide bonds. The molecule has 1 heteroatoms. The number of hydrogen-bond donors (Lipinski definition) is 1. The van der Waals surface area contributed by atoms with Crippen molar-refractivity contribution in [3.63, 3.8) is 0 Å². The lowest BCUT2D eigenvalue weighted by Crippen LogP contribution is -2.17. The Hall–Kier alpha value is -2.54. The zero-order chi connectivity index (χ0) is 16.2. The van der Waals surface area contributed by atoms with Crippen molar-refractivity contribution in [1.82, 2.24) is 0 Å². The number of nitrogens with two attached hydrogens (primary N) is 1. The van der Waals surface area contributed by atoms with E-state index in [1.54, 1.807) is 0 Å². The van der Waals surface area contributed by atoms with Crippen LogP contribution in [0, 0.1) is 6.92 Å². The van der Waals surface area contributed by atoms with E-state index in [2.05, 4.69) is 81.4 Å². The quantitative estimate of drug-likeness (QED) is 0.586. The lowest BCUT2D eigenvalue weighted by atomic mass is 9.80. The van der Waals surface area contributed by atoms with Crippen LogP contribution in [0.2, 0.25) is 0 Å². The van der Waals surface area contributed by atoms with E-state index in [1.807, 2.05) is 0 Å². The van der Waals surface area contributed by atoms with Crippen LogP contribution in [-0.4, -0.2) is 0 Å². The summed E-state index contributed by atoms with van der Waals surface area (Å²) in [6.07, 6.45) is 0. The largest absolute Gasteiger partial charge is 0.398 e. The van der Waals surface area contributed by atoms with E-state index in [0.717, 1.165) is 11.3 Å². The molecule has 2 N–H and O–H groups in total. The van der Waals surface area contributed by atoms with Gasteiger partial charge in [-0.3, -0.25) is 0 Å². The molecule has 114 valence electrons. The van der Waals surface area contributed by atoms with Crippen molar-refractivity contribution in [2.45, 2.75) is 26.2 Å². The van der Waals surface area contributed by atoms with Crippen molar-refractivity contribution in [1.29, 1.82) is 0 Å². The molecule has 3 aromatic rings. The summed E-state index contributed by atoms with van der Waals surface area (Å²) in [5, 5.41) is 0. The van der Waals surface area contributed by atoms with Gasteiger partial charge >= 0.3 is 0 Å². The molecule has 4 rings (SSSR count). The highest BCUT2D eigenvalue weighted by Crippen LogP contribution is 2.52. The van der Waals surface area contributed by atoms with Crippen LogP contribution in [0.4, 0.5) is 5.69 Å². The SMILES string of the molecule is Cc1ccc(-c2ccc3c(c2N)C(C)(C)c2ccccc2-3)cc1. The molecule has 1 aliphatic rings. The Morgan fingerprint density at radius 1 is 0.739 bits per heavy atom. The first-order valence-corrected chi connectivity index (χ1v) is 8.10. The zero-order valence-corrected chi connectivity index (χ0v) is 13.9. The average Bonchev–Trinajstić information content (AvgIpc) is 2.78. The molecule has 0 saturated heterocycles. The maximum Gasteiger partial charge on any atom is 0.0441 e. The Morgan fingerprint density at radius 2 is 1.39 bits per heavy atom. The summed E-state index contributed by atoms with van der Waals surface area (Å²) in [6, 6.07) is 21.6. The first kappa shape index (κ1) is 14.1. The van der Waals surface area contributed by atoms with Crippen LogP contribution in [0.3, 0.4) is 0 Å². The summed E-state index contributed by atoms with van der Waals surface area (Å²) in [7, 11) is 0. The topological polar surface area (TPSA) is 26.0 Å². The predicted molar refractivity (Wildman–Crippen MR) is 98.6 cm³/mol. The molecule has 0 fully saturated rings. The maximum atomic E-state index is 6.66. The second-order valence-electron chi connectivity index (χ2n) is 6.99. The van der Waals surface area contributed by atoms with E-state index in [9.17, 15) is 0 Å². The molecular formula is C22H21N. The Balaban J connectivity index is 1.97. The van der Waals surface area contributed by atoms with Gasteiger partial charge in [0.25, 0.3) is 0 Å². The fourth-order valence-electron chi connectivity index (χ4n) is 3.90. The van der Waals surface area contributed by atoms with Gasteiger partial charge in [0.15, 0.2) is 0 Å². The Morgan fingerprint density at radius 3 is 2.13 bits per heavy atom. The van der Waals surface area contributed by atoms with Crippen LogP contribution in [-0.2, 0) is 5.41 Å². The van der Waals surface area contributed by atoms with Crippen LogP contribution in [0.25, 0.3) is 22.3 Å². The molecule has 0 spiro atoms. The van der Waals surface area contributed by atoms with Crippen LogP contribution in [0.1, 0.15) is 30.5 Å². The van der Waals surface area contributed by atoms with E-state index < -0.39 is 0 Å². The van der Waals surface area contributed by atoms with Gasteiger partial charge in [-0.05, 0) is 34.7 Å². The Bertz CT molecular complexity index is 902. The zero-order valence-electron chi connectivity index (χ0n) is 13.9. The monoisotopic (exact) mass is 299 g/mol. The summed E-state index contributed by atoms with van der Waals surface area (Å²) >= 11 is 0. The molecule has 3 aromatic carbocycles. The maximum absolute atomic E-state index is 6.66. The van der Waals surface area contributed by atoms with Gasteiger partial charge in [0, 0.05) is 16.7 Å².